The molecule has 0 bridgehead atoms. The Balaban J connectivity index is 3.36. The molecule has 0 aliphatic rings. The number of ether oxygens (including phenoxy) is 3. The molecule has 9 heteroatoms. The van der Waals surface area contributed by atoms with Gasteiger partial charge < -0.3 is 14.2 Å². The summed E-state index contributed by atoms with van der Waals surface area (Å²) >= 11 is 0. The molecule has 6 nitrogen and oxygen atoms in total. The van der Waals surface area contributed by atoms with Crippen molar-refractivity contribution in [2.24, 2.45) is 0 Å². The maximum Gasteiger partial charge on any atom is 0.302 e. The number of carbonyl (C=O) groups is 3. The Kier molecular flexibility index (Phi) is 6.75. The molecule has 0 spiro atoms. The summed E-state index contributed by atoms with van der Waals surface area (Å²) in [4.78, 5) is 32.5. The van der Waals surface area contributed by atoms with Crippen molar-refractivity contribution in [3.05, 3.63) is 34.1 Å². The molecule has 0 aromatic heterocycles. The van der Waals surface area contributed by atoms with Gasteiger partial charge in [0, 0.05) is 20.8 Å². The van der Waals surface area contributed by atoms with Crippen LogP contribution in [0.3, 0.4) is 0 Å². The minimum Gasteiger partial charge on any atom is -0.461 e. The van der Waals surface area contributed by atoms with Crippen LogP contribution in [0.25, 0.3) is 0 Å². The molecule has 0 saturated heterocycles. The lowest BCUT2D eigenvalue weighted by Crippen LogP contribution is -2.15. The number of esters is 3. The van der Waals surface area contributed by atoms with Gasteiger partial charge >= 0.3 is 17.9 Å². The lowest BCUT2D eigenvalue weighted by molar-refractivity contribution is -0.143. The first-order valence-corrected chi connectivity index (χ1v) is 6.72. The zero-order valence-corrected chi connectivity index (χ0v) is 13.2. The largest absolute Gasteiger partial charge is 0.461 e. The van der Waals surface area contributed by atoms with Crippen LogP contribution >= 0.6 is 0 Å². The van der Waals surface area contributed by atoms with Gasteiger partial charge in [-0.2, -0.15) is 0 Å². The summed E-state index contributed by atoms with van der Waals surface area (Å²) in [5.74, 6) is -6.46. The SMILES string of the molecule is CC(=O)OCc1c(F)c(COC(C)=O)c(F)c(COC(C)=O)c1F. The van der Waals surface area contributed by atoms with Crippen LogP contribution in [-0.4, -0.2) is 17.9 Å². The second-order valence-corrected chi connectivity index (χ2v) is 4.72. The fraction of sp³-hybridized carbons (Fsp3) is 0.400. The van der Waals surface area contributed by atoms with Crippen LogP contribution < -0.4 is 0 Å². The number of halogens is 3. The second kappa shape index (κ2) is 8.32. The van der Waals surface area contributed by atoms with E-state index in [9.17, 15) is 27.6 Å². The van der Waals surface area contributed by atoms with E-state index in [4.69, 9.17) is 0 Å². The van der Waals surface area contributed by atoms with Crippen LogP contribution in [0.5, 0.6) is 0 Å². The van der Waals surface area contributed by atoms with E-state index in [1.165, 1.54) is 0 Å². The average molecular weight is 348 g/mol. The van der Waals surface area contributed by atoms with E-state index in [1.54, 1.807) is 0 Å². The Hall–Kier alpha value is -2.58. The lowest BCUT2D eigenvalue weighted by atomic mass is 10.0. The van der Waals surface area contributed by atoms with Gasteiger partial charge in [-0.3, -0.25) is 14.4 Å². The number of hydrogen-bond acceptors (Lipinski definition) is 6. The van der Waals surface area contributed by atoms with Gasteiger partial charge in [-0.05, 0) is 0 Å². The summed E-state index contributed by atoms with van der Waals surface area (Å²) in [6, 6.07) is 0. The monoisotopic (exact) mass is 348 g/mol. The maximum atomic E-state index is 14.3. The molecule has 0 heterocycles. The molecule has 0 aliphatic heterocycles. The summed E-state index contributed by atoms with van der Waals surface area (Å²) in [6.07, 6.45) is 0. The van der Waals surface area contributed by atoms with Gasteiger partial charge in [-0.25, -0.2) is 13.2 Å². The van der Waals surface area contributed by atoms with E-state index < -0.39 is 71.9 Å². The van der Waals surface area contributed by atoms with Crippen molar-refractivity contribution < 1.29 is 41.8 Å². The van der Waals surface area contributed by atoms with Gasteiger partial charge in [0.1, 0.15) is 37.3 Å². The van der Waals surface area contributed by atoms with Gasteiger partial charge in [0.2, 0.25) is 0 Å². The molecule has 132 valence electrons. The van der Waals surface area contributed by atoms with Crippen molar-refractivity contribution in [1.82, 2.24) is 0 Å². The Labute approximate surface area is 135 Å². The fourth-order valence-electron chi connectivity index (χ4n) is 1.74. The number of benzene rings is 1. The first-order chi connectivity index (χ1) is 11.1. The molecule has 1 aromatic carbocycles. The third-order valence-corrected chi connectivity index (χ3v) is 2.85. The molecule has 0 radical (unpaired) electrons. The van der Waals surface area contributed by atoms with E-state index in [2.05, 4.69) is 14.2 Å². The summed E-state index contributed by atoms with van der Waals surface area (Å²) in [6.45, 7) is 0.685. The third-order valence-electron chi connectivity index (χ3n) is 2.85. The molecule has 0 N–H and O–H groups in total. The summed E-state index contributed by atoms with van der Waals surface area (Å²) in [5.41, 5.74) is -2.22. The van der Waals surface area contributed by atoms with Gasteiger partial charge in [0.15, 0.2) is 0 Å². The summed E-state index contributed by atoms with van der Waals surface area (Å²) < 4.78 is 56.5. The van der Waals surface area contributed by atoms with Crippen LogP contribution in [0.4, 0.5) is 13.2 Å². The Morgan fingerprint density at radius 3 is 1.00 bits per heavy atom. The highest BCUT2D eigenvalue weighted by molar-refractivity contribution is 5.67. The predicted octanol–water partition coefficient (Wildman–Crippen LogP) is 2.29. The highest BCUT2D eigenvalue weighted by Crippen LogP contribution is 2.27. The van der Waals surface area contributed by atoms with Crippen LogP contribution in [0.2, 0.25) is 0 Å². The van der Waals surface area contributed by atoms with Crippen molar-refractivity contribution in [2.75, 3.05) is 0 Å². The van der Waals surface area contributed by atoms with Gasteiger partial charge in [-0.1, -0.05) is 0 Å². The average Bonchev–Trinajstić information content (AvgIpc) is 2.45. The quantitative estimate of drug-likeness (QED) is 0.580. The normalized spacial score (nSPS) is 10.2. The van der Waals surface area contributed by atoms with E-state index in [0.29, 0.717) is 0 Å². The van der Waals surface area contributed by atoms with Gasteiger partial charge in [0.05, 0.1) is 16.7 Å². The molecule has 0 atom stereocenters. The Morgan fingerprint density at radius 2 is 0.833 bits per heavy atom. The second-order valence-electron chi connectivity index (χ2n) is 4.72. The first-order valence-electron chi connectivity index (χ1n) is 6.72. The number of hydrogen-bond donors (Lipinski definition) is 0. The van der Waals surface area contributed by atoms with Crippen molar-refractivity contribution in [1.29, 1.82) is 0 Å². The van der Waals surface area contributed by atoms with Crippen molar-refractivity contribution in [2.45, 2.75) is 40.6 Å². The molecular weight excluding hydrogens is 333 g/mol. The maximum absolute atomic E-state index is 14.3. The Morgan fingerprint density at radius 1 is 0.625 bits per heavy atom. The molecule has 0 fully saturated rings. The Bertz CT molecular complexity index is 560. The standard InChI is InChI=1S/C15H15F3O6/c1-7(19)22-4-10-13(16)11(5-23-8(2)20)15(18)12(14(10)17)6-24-9(3)21/h4-6H2,1-3H3. The topological polar surface area (TPSA) is 78.9 Å². The van der Waals surface area contributed by atoms with Crippen LogP contribution in [0, 0.1) is 17.5 Å². The molecule has 0 amide bonds. The van der Waals surface area contributed by atoms with Gasteiger partial charge in [0.25, 0.3) is 0 Å². The zero-order valence-electron chi connectivity index (χ0n) is 13.2. The molecule has 0 saturated carbocycles. The summed E-state index contributed by atoms with van der Waals surface area (Å²) in [5, 5.41) is 0. The lowest BCUT2D eigenvalue weighted by Gasteiger charge is -2.15. The molecule has 0 unspecified atom stereocenters. The third kappa shape index (κ3) is 4.97. The van der Waals surface area contributed by atoms with E-state index in [-0.39, 0.29) is 0 Å². The molecule has 0 aliphatic carbocycles. The van der Waals surface area contributed by atoms with Crippen LogP contribution in [0.15, 0.2) is 0 Å². The molecular formula is C15H15F3O6. The van der Waals surface area contributed by atoms with E-state index >= 15 is 0 Å². The highest BCUT2D eigenvalue weighted by Gasteiger charge is 2.26. The first kappa shape index (κ1) is 19.5. The predicted molar refractivity (Wildman–Crippen MR) is 72.7 cm³/mol. The smallest absolute Gasteiger partial charge is 0.302 e. The minimum atomic E-state index is -1.35. The van der Waals surface area contributed by atoms with Crippen molar-refractivity contribution >= 4 is 17.9 Å². The molecule has 1 rings (SSSR count). The highest BCUT2D eigenvalue weighted by atomic mass is 19.1. The van der Waals surface area contributed by atoms with E-state index in [1.807, 2.05) is 0 Å². The molecule has 1 aromatic rings. The summed E-state index contributed by atoms with van der Waals surface area (Å²) in [7, 11) is 0. The van der Waals surface area contributed by atoms with Crippen LogP contribution in [-0.2, 0) is 48.4 Å². The fourth-order valence-corrected chi connectivity index (χ4v) is 1.74. The van der Waals surface area contributed by atoms with Crippen molar-refractivity contribution in [3.63, 3.8) is 0 Å². The molecule has 24 heavy (non-hydrogen) atoms. The zero-order chi connectivity index (χ0) is 18.4. The minimum absolute atomic E-state index is 0.740. The number of carbonyl (C=O) groups excluding carboxylic acids is 3. The van der Waals surface area contributed by atoms with Gasteiger partial charge in [-0.15, -0.1) is 0 Å². The van der Waals surface area contributed by atoms with E-state index in [0.717, 1.165) is 20.8 Å². The van der Waals surface area contributed by atoms with Crippen molar-refractivity contribution in [3.8, 4) is 0 Å². The van der Waals surface area contributed by atoms with Crippen LogP contribution in [0.1, 0.15) is 37.5 Å². The number of rotatable bonds is 6.